The van der Waals surface area contributed by atoms with E-state index in [1.807, 2.05) is 20.8 Å². The molecule has 18 heavy (non-hydrogen) atoms. The molecule has 0 radical (unpaired) electrons. The Morgan fingerprint density at radius 1 is 1.44 bits per heavy atom. The van der Waals surface area contributed by atoms with Crippen molar-refractivity contribution in [3.05, 3.63) is 22.5 Å². The Kier molecular flexibility index (Phi) is 3.61. The molecule has 0 saturated carbocycles. The van der Waals surface area contributed by atoms with Gasteiger partial charge in [-0.15, -0.1) is 11.3 Å². The third-order valence-electron chi connectivity index (χ3n) is 3.20. The Morgan fingerprint density at radius 2 is 2.17 bits per heavy atom. The molecule has 0 aliphatic heterocycles. The van der Waals surface area contributed by atoms with Crippen molar-refractivity contribution in [1.82, 2.24) is 9.97 Å². The maximum Gasteiger partial charge on any atom is 0.312 e. The largest absolute Gasteiger partial charge is 0.481 e. The molecule has 1 N–H and O–H groups in total. The van der Waals surface area contributed by atoms with Gasteiger partial charge in [0.2, 0.25) is 0 Å². The molecule has 2 aromatic rings. The highest BCUT2D eigenvalue weighted by atomic mass is 32.1. The van der Waals surface area contributed by atoms with Crippen molar-refractivity contribution in [1.29, 1.82) is 0 Å². The van der Waals surface area contributed by atoms with Gasteiger partial charge in [-0.2, -0.15) is 0 Å². The molecular weight excluding hydrogens is 248 g/mol. The lowest BCUT2D eigenvalue weighted by atomic mass is 9.96. The number of aromatic nitrogens is 2. The summed E-state index contributed by atoms with van der Waals surface area (Å²) in [5.74, 6) is -1.34. The number of hydrogen-bond acceptors (Lipinski definition) is 4. The number of aryl methyl sites for hydroxylation is 2. The molecule has 96 valence electrons. The van der Waals surface area contributed by atoms with Gasteiger partial charge >= 0.3 is 5.97 Å². The van der Waals surface area contributed by atoms with E-state index in [1.54, 1.807) is 11.3 Å². The van der Waals surface area contributed by atoms with Gasteiger partial charge in [0.1, 0.15) is 11.2 Å². The molecule has 0 spiro atoms. The smallest absolute Gasteiger partial charge is 0.312 e. The number of aliphatic carboxylic acids is 1. The number of carboxylic acids is 1. The zero-order valence-corrected chi connectivity index (χ0v) is 11.5. The summed E-state index contributed by atoms with van der Waals surface area (Å²) in [6, 6.07) is 0. The number of nitrogens with zero attached hydrogens (tertiary/aromatic N) is 2. The normalized spacial score (nSPS) is 12.8. The zero-order chi connectivity index (χ0) is 13.3. The van der Waals surface area contributed by atoms with Gasteiger partial charge in [0, 0.05) is 10.3 Å². The summed E-state index contributed by atoms with van der Waals surface area (Å²) in [6.07, 6.45) is 2.90. The van der Waals surface area contributed by atoms with Crippen molar-refractivity contribution in [2.45, 2.75) is 39.5 Å². The van der Waals surface area contributed by atoms with Crippen LogP contribution in [-0.2, 0) is 4.79 Å². The van der Waals surface area contributed by atoms with Crippen LogP contribution in [0.25, 0.3) is 10.2 Å². The Morgan fingerprint density at radius 3 is 2.78 bits per heavy atom. The number of thiophene rings is 1. The van der Waals surface area contributed by atoms with Crippen molar-refractivity contribution in [3.8, 4) is 0 Å². The molecule has 0 aromatic carbocycles. The molecular formula is C13H16N2O2S. The molecule has 0 bridgehead atoms. The second-order valence-corrected chi connectivity index (χ2v) is 5.61. The molecule has 1 atom stereocenters. The standard InChI is InChI=1S/C13H16N2O2S/c1-4-5-9(13(16)17)11-10-7(2)8(3)18-12(10)15-6-14-11/h6,9H,4-5H2,1-3H3,(H,16,17). The van der Waals surface area contributed by atoms with Gasteiger partial charge in [-0.3, -0.25) is 4.79 Å². The van der Waals surface area contributed by atoms with E-state index >= 15 is 0 Å². The van der Waals surface area contributed by atoms with E-state index in [-0.39, 0.29) is 0 Å². The number of rotatable bonds is 4. The fourth-order valence-corrected chi connectivity index (χ4v) is 3.14. The number of hydrogen-bond donors (Lipinski definition) is 1. The van der Waals surface area contributed by atoms with Gasteiger partial charge in [0.15, 0.2) is 0 Å². The fourth-order valence-electron chi connectivity index (χ4n) is 2.14. The van der Waals surface area contributed by atoms with Gasteiger partial charge in [-0.1, -0.05) is 13.3 Å². The van der Waals surface area contributed by atoms with Gasteiger partial charge in [-0.25, -0.2) is 9.97 Å². The average molecular weight is 264 g/mol. The summed E-state index contributed by atoms with van der Waals surface area (Å²) in [4.78, 5) is 21.9. The van der Waals surface area contributed by atoms with Crippen molar-refractivity contribution >= 4 is 27.5 Å². The van der Waals surface area contributed by atoms with E-state index < -0.39 is 11.9 Å². The van der Waals surface area contributed by atoms with Gasteiger partial charge in [-0.05, 0) is 25.8 Å². The van der Waals surface area contributed by atoms with Gasteiger partial charge in [0.05, 0.1) is 11.6 Å². The minimum atomic E-state index is -0.805. The first-order valence-electron chi connectivity index (χ1n) is 5.99. The van der Waals surface area contributed by atoms with Crippen LogP contribution in [0.4, 0.5) is 0 Å². The third-order valence-corrected chi connectivity index (χ3v) is 4.32. The summed E-state index contributed by atoms with van der Waals surface area (Å²) < 4.78 is 0. The molecule has 5 heteroatoms. The summed E-state index contributed by atoms with van der Waals surface area (Å²) >= 11 is 1.60. The van der Waals surface area contributed by atoms with Crippen LogP contribution in [0.15, 0.2) is 6.33 Å². The lowest BCUT2D eigenvalue weighted by Gasteiger charge is -2.11. The molecule has 2 aromatic heterocycles. The van der Waals surface area contributed by atoms with E-state index in [9.17, 15) is 9.90 Å². The van der Waals surface area contributed by atoms with Crippen LogP contribution in [0.2, 0.25) is 0 Å². The highest BCUT2D eigenvalue weighted by Crippen LogP contribution is 2.34. The maximum absolute atomic E-state index is 11.4. The first-order chi connectivity index (χ1) is 8.56. The summed E-state index contributed by atoms with van der Waals surface area (Å²) in [6.45, 7) is 6.02. The second kappa shape index (κ2) is 5.02. The fraction of sp³-hybridized carbons (Fsp3) is 0.462. The van der Waals surface area contributed by atoms with Crippen LogP contribution >= 0.6 is 11.3 Å². The first kappa shape index (κ1) is 13.0. The predicted molar refractivity (Wildman–Crippen MR) is 72.2 cm³/mol. The molecule has 0 fully saturated rings. The molecule has 2 rings (SSSR count). The van der Waals surface area contributed by atoms with Crippen LogP contribution in [0.1, 0.15) is 41.8 Å². The van der Waals surface area contributed by atoms with Gasteiger partial charge in [0.25, 0.3) is 0 Å². The SMILES string of the molecule is CCCC(C(=O)O)c1ncnc2sc(C)c(C)c12. The first-order valence-corrected chi connectivity index (χ1v) is 6.81. The molecule has 2 heterocycles. The number of carbonyl (C=O) groups is 1. The maximum atomic E-state index is 11.4. The van der Waals surface area contributed by atoms with Crippen molar-refractivity contribution in [2.24, 2.45) is 0 Å². The molecule has 0 aliphatic rings. The number of carboxylic acid groups (broad SMARTS) is 1. The molecule has 0 saturated heterocycles. The summed E-state index contributed by atoms with van der Waals surface area (Å²) in [5, 5.41) is 10.3. The average Bonchev–Trinajstić information content (AvgIpc) is 2.62. The molecule has 4 nitrogen and oxygen atoms in total. The third kappa shape index (κ3) is 2.10. The summed E-state index contributed by atoms with van der Waals surface area (Å²) in [7, 11) is 0. The lowest BCUT2D eigenvalue weighted by molar-refractivity contribution is -0.139. The molecule has 1 unspecified atom stereocenters. The van der Waals surface area contributed by atoms with Crippen molar-refractivity contribution < 1.29 is 9.90 Å². The minimum Gasteiger partial charge on any atom is -0.481 e. The van der Waals surface area contributed by atoms with Crippen LogP contribution in [0, 0.1) is 13.8 Å². The highest BCUT2D eigenvalue weighted by molar-refractivity contribution is 7.18. The minimum absolute atomic E-state index is 0.534. The quantitative estimate of drug-likeness (QED) is 0.920. The Balaban J connectivity index is 2.65. The van der Waals surface area contributed by atoms with Crippen LogP contribution in [-0.4, -0.2) is 21.0 Å². The van der Waals surface area contributed by atoms with Crippen LogP contribution in [0.3, 0.4) is 0 Å². The molecule has 0 amide bonds. The van der Waals surface area contributed by atoms with Crippen LogP contribution < -0.4 is 0 Å². The van der Waals surface area contributed by atoms with E-state index in [1.165, 1.54) is 11.2 Å². The van der Waals surface area contributed by atoms with Gasteiger partial charge < -0.3 is 5.11 Å². The zero-order valence-electron chi connectivity index (χ0n) is 10.7. The number of fused-ring (bicyclic) bond motifs is 1. The lowest BCUT2D eigenvalue weighted by Crippen LogP contribution is -2.13. The Labute approximate surface area is 110 Å². The topological polar surface area (TPSA) is 63.1 Å². The van der Waals surface area contributed by atoms with Crippen molar-refractivity contribution in [3.63, 3.8) is 0 Å². The Hall–Kier alpha value is -1.49. The van der Waals surface area contributed by atoms with Crippen LogP contribution in [0.5, 0.6) is 0 Å². The Bertz CT molecular complexity index is 592. The van der Waals surface area contributed by atoms with Crippen molar-refractivity contribution in [2.75, 3.05) is 0 Å². The second-order valence-electron chi connectivity index (χ2n) is 4.40. The highest BCUT2D eigenvalue weighted by Gasteiger charge is 2.24. The predicted octanol–water partition coefficient (Wildman–Crippen LogP) is 3.28. The van der Waals surface area contributed by atoms with E-state index in [4.69, 9.17) is 0 Å². The van der Waals surface area contributed by atoms with E-state index in [0.717, 1.165) is 22.2 Å². The summed E-state index contributed by atoms with van der Waals surface area (Å²) in [5.41, 5.74) is 1.77. The monoisotopic (exact) mass is 264 g/mol. The van der Waals surface area contributed by atoms with E-state index in [0.29, 0.717) is 12.1 Å². The molecule has 0 aliphatic carbocycles. The van der Waals surface area contributed by atoms with E-state index in [2.05, 4.69) is 9.97 Å².